The summed E-state index contributed by atoms with van der Waals surface area (Å²) in [4.78, 5) is 0. The standard InChI is InChI=1S/C6H8O/c1-2-6(3-4-6)7-5-1/h2-3H,1,4-5H2. The molecule has 1 nitrogen and oxygen atoms in total. The minimum atomic E-state index is 0.194. The molecule has 0 aromatic carbocycles. The van der Waals surface area contributed by atoms with Crippen molar-refractivity contribution in [2.24, 2.45) is 0 Å². The van der Waals surface area contributed by atoms with Crippen LogP contribution in [0, 0.1) is 12.8 Å². The minimum absolute atomic E-state index is 0.194. The van der Waals surface area contributed by atoms with E-state index >= 15 is 0 Å². The van der Waals surface area contributed by atoms with Gasteiger partial charge in [0.1, 0.15) is 0 Å². The summed E-state index contributed by atoms with van der Waals surface area (Å²) in [5.41, 5.74) is 0.194. The Bertz CT molecular complexity index is 76.2. The molecule has 1 aliphatic heterocycles. The molecule has 2 fully saturated rings. The van der Waals surface area contributed by atoms with Crippen molar-refractivity contribution in [2.45, 2.75) is 18.4 Å². The Balaban J connectivity index is 2.07. The van der Waals surface area contributed by atoms with Gasteiger partial charge >= 0.3 is 0 Å². The van der Waals surface area contributed by atoms with Gasteiger partial charge in [-0.15, -0.1) is 0 Å². The minimum Gasteiger partial charge on any atom is -0.374 e. The fourth-order valence-electron chi connectivity index (χ4n) is 0.996. The zero-order valence-corrected chi connectivity index (χ0v) is 4.18. The van der Waals surface area contributed by atoms with E-state index in [4.69, 9.17) is 4.74 Å². The van der Waals surface area contributed by atoms with E-state index in [0.29, 0.717) is 0 Å². The molecule has 1 heterocycles. The summed E-state index contributed by atoms with van der Waals surface area (Å²) >= 11 is 0. The van der Waals surface area contributed by atoms with E-state index in [1.54, 1.807) is 0 Å². The van der Waals surface area contributed by atoms with Gasteiger partial charge in [-0.1, -0.05) is 0 Å². The fraction of sp³-hybridized carbons (Fsp3) is 0.667. The molecular formula is C6H8O. The molecule has 1 heteroatoms. The van der Waals surface area contributed by atoms with Crippen LogP contribution in [0.4, 0.5) is 0 Å². The molecule has 1 spiro atoms. The third kappa shape index (κ3) is 0.480. The largest absolute Gasteiger partial charge is 0.374 e. The first-order valence-corrected chi connectivity index (χ1v) is 2.74. The van der Waals surface area contributed by atoms with Crippen molar-refractivity contribution in [3.8, 4) is 0 Å². The molecule has 1 saturated carbocycles. The lowest BCUT2D eigenvalue weighted by Crippen LogP contribution is -2.03. The van der Waals surface area contributed by atoms with Crippen molar-refractivity contribution in [1.29, 1.82) is 0 Å². The molecule has 2 radical (unpaired) electrons. The van der Waals surface area contributed by atoms with Crippen LogP contribution in [0.5, 0.6) is 0 Å². The second kappa shape index (κ2) is 1.03. The second-order valence-corrected chi connectivity index (χ2v) is 2.20. The maximum atomic E-state index is 5.34. The molecule has 0 N–H and O–H groups in total. The fourth-order valence-corrected chi connectivity index (χ4v) is 0.996. The molecule has 0 amide bonds. The van der Waals surface area contributed by atoms with E-state index in [1.807, 2.05) is 0 Å². The lowest BCUT2D eigenvalue weighted by Gasteiger charge is -1.99. The first-order chi connectivity index (χ1) is 3.41. The molecule has 0 bridgehead atoms. The predicted octanol–water partition coefficient (Wildman–Crippen LogP) is 0.958. The van der Waals surface area contributed by atoms with Crippen LogP contribution in [0.15, 0.2) is 0 Å². The van der Waals surface area contributed by atoms with Gasteiger partial charge in [-0.3, -0.25) is 0 Å². The van der Waals surface area contributed by atoms with Crippen LogP contribution in [0.25, 0.3) is 0 Å². The lowest BCUT2D eigenvalue weighted by atomic mass is 10.2. The Kier molecular flexibility index (Phi) is 0.571. The van der Waals surface area contributed by atoms with Crippen molar-refractivity contribution >= 4 is 0 Å². The zero-order valence-electron chi connectivity index (χ0n) is 4.18. The van der Waals surface area contributed by atoms with Crippen LogP contribution in [-0.2, 0) is 4.74 Å². The number of ether oxygens (including phenoxy) is 1. The Morgan fingerprint density at radius 2 is 2.29 bits per heavy atom. The van der Waals surface area contributed by atoms with E-state index in [-0.39, 0.29) is 5.60 Å². The Morgan fingerprint density at radius 3 is 2.57 bits per heavy atom. The van der Waals surface area contributed by atoms with Gasteiger partial charge in [0.25, 0.3) is 0 Å². The Morgan fingerprint density at radius 1 is 1.43 bits per heavy atom. The quantitative estimate of drug-likeness (QED) is 0.436. The highest BCUT2D eigenvalue weighted by Crippen LogP contribution is 2.45. The van der Waals surface area contributed by atoms with Gasteiger partial charge in [-0.2, -0.15) is 0 Å². The van der Waals surface area contributed by atoms with Gasteiger partial charge in [-0.25, -0.2) is 0 Å². The maximum Gasteiger partial charge on any atom is 0.0751 e. The predicted molar refractivity (Wildman–Crippen MR) is 26.5 cm³/mol. The molecule has 0 aromatic heterocycles. The number of hydrogen-bond donors (Lipinski definition) is 0. The first-order valence-electron chi connectivity index (χ1n) is 2.74. The summed E-state index contributed by atoms with van der Waals surface area (Å²) in [7, 11) is 0. The van der Waals surface area contributed by atoms with Crippen molar-refractivity contribution in [2.75, 3.05) is 6.61 Å². The topological polar surface area (TPSA) is 9.23 Å². The second-order valence-electron chi connectivity index (χ2n) is 2.20. The van der Waals surface area contributed by atoms with Gasteiger partial charge in [0.15, 0.2) is 0 Å². The van der Waals surface area contributed by atoms with E-state index in [0.717, 1.165) is 19.4 Å². The molecule has 1 aliphatic carbocycles. The summed E-state index contributed by atoms with van der Waals surface area (Å²) in [5.74, 6) is 0. The summed E-state index contributed by atoms with van der Waals surface area (Å²) in [6, 6.07) is 0. The molecule has 7 heavy (non-hydrogen) atoms. The Labute approximate surface area is 43.7 Å². The average Bonchev–Trinajstić information content (AvgIpc) is 2.15. The van der Waals surface area contributed by atoms with Gasteiger partial charge in [0.05, 0.1) is 5.60 Å². The van der Waals surface area contributed by atoms with Crippen LogP contribution in [0.1, 0.15) is 12.8 Å². The summed E-state index contributed by atoms with van der Waals surface area (Å²) < 4.78 is 5.34. The normalized spacial score (nSPS) is 34.3. The third-order valence-corrected chi connectivity index (χ3v) is 1.58. The smallest absolute Gasteiger partial charge is 0.0751 e. The van der Waals surface area contributed by atoms with Gasteiger partial charge in [0, 0.05) is 6.61 Å². The molecule has 1 unspecified atom stereocenters. The SMILES string of the molecule is [CH]1CCOC12[CH]C2. The first kappa shape index (κ1) is 3.90. The van der Waals surface area contributed by atoms with Crippen molar-refractivity contribution < 1.29 is 4.74 Å². The van der Waals surface area contributed by atoms with Crippen LogP contribution in [-0.4, -0.2) is 12.2 Å². The molecule has 1 atom stereocenters. The van der Waals surface area contributed by atoms with E-state index in [2.05, 4.69) is 12.8 Å². The van der Waals surface area contributed by atoms with Crippen LogP contribution < -0.4 is 0 Å². The molecule has 2 rings (SSSR count). The Hall–Kier alpha value is -0.0400. The molecular weight excluding hydrogens is 88.1 g/mol. The van der Waals surface area contributed by atoms with Gasteiger partial charge in [-0.05, 0) is 25.7 Å². The summed E-state index contributed by atoms with van der Waals surface area (Å²) in [6.07, 6.45) is 6.77. The van der Waals surface area contributed by atoms with Crippen molar-refractivity contribution in [1.82, 2.24) is 0 Å². The molecule has 38 valence electrons. The summed E-state index contributed by atoms with van der Waals surface area (Å²) in [6.45, 7) is 0.941. The van der Waals surface area contributed by atoms with E-state index in [9.17, 15) is 0 Å². The van der Waals surface area contributed by atoms with Crippen LogP contribution in [0.3, 0.4) is 0 Å². The zero-order chi connectivity index (χ0) is 4.74. The molecule has 0 aromatic rings. The van der Waals surface area contributed by atoms with E-state index in [1.165, 1.54) is 0 Å². The highest BCUT2D eigenvalue weighted by molar-refractivity contribution is 5.23. The highest BCUT2D eigenvalue weighted by atomic mass is 16.5. The summed E-state index contributed by atoms with van der Waals surface area (Å²) in [5, 5.41) is 0. The number of rotatable bonds is 0. The van der Waals surface area contributed by atoms with Crippen molar-refractivity contribution in [3.63, 3.8) is 0 Å². The third-order valence-electron chi connectivity index (χ3n) is 1.58. The average molecular weight is 96.1 g/mol. The number of hydrogen-bond acceptors (Lipinski definition) is 1. The molecule has 2 aliphatic rings. The maximum absolute atomic E-state index is 5.34. The van der Waals surface area contributed by atoms with Crippen LogP contribution in [0.2, 0.25) is 0 Å². The van der Waals surface area contributed by atoms with Crippen molar-refractivity contribution in [3.05, 3.63) is 12.8 Å². The highest BCUT2D eigenvalue weighted by Gasteiger charge is 2.46. The van der Waals surface area contributed by atoms with Gasteiger partial charge in [0.2, 0.25) is 0 Å². The monoisotopic (exact) mass is 96.1 g/mol. The van der Waals surface area contributed by atoms with E-state index < -0.39 is 0 Å². The lowest BCUT2D eigenvalue weighted by molar-refractivity contribution is 0.114. The molecule has 1 saturated heterocycles. The van der Waals surface area contributed by atoms with Gasteiger partial charge < -0.3 is 4.74 Å². The van der Waals surface area contributed by atoms with Crippen LogP contribution >= 0.6 is 0 Å².